The second kappa shape index (κ2) is 7.05. The highest BCUT2D eigenvalue weighted by molar-refractivity contribution is 7.89. The Morgan fingerprint density at radius 3 is 2.54 bits per heavy atom. The Morgan fingerprint density at radius 1 is 1.23 bits per heavy atom. The van der Waals surface area contributed by atoms with Crippen LogP contribution in [0.4, 0.5) is 0 Å². The number of benzene rings is 1. The maximum absolute atomic E-state index is 12.7. The molecule has 1 fully saturated rings. The van der Waals surface area contributed by atoms with E-state index in [9.17, 15) is 18.0 Å². The Morgan fingerprint density at radius 2 is 1.92 bits per heavy atom. The zero-order valence-corrected chi connectivity index (χ0v) is 15.3. The minimum absolute atomic E-state index is 0.119. The number of Topliss-reactive ketones (excluding diaryl/α,β-unsaturated/α-hetero) is 1. The number of ether oxygens (including phenoxy) is 1. The molecule has 1 saturated heterocycles. The van der Waals surface area contributed by atoms with E-state index in [1.165, 1.54) is 41.6 Å². The molecule has 0 N–H and O–H groups in total. The van der Waals surface area contributed by atoms with E-state index < -0.39 is 15.6 Å². The Kier molecular flexibility index (Phi) is 4.97. The van der Waals surface area contributed by atoms with Gasteiger partial charge in [-0.15, -0.1) is 0 Å². The molecule has 138 valence electrons. The van der Waals surface area contributed by atoms with Crippen LogP contribution in [0.15, 0.2) is 50.5 Å². The third kappa shape index (κ3) is 3.86. The molecule has 0 radical (unpaired) electrons. The molecular formula is C18H19NO6S. The van der Waals surface area contributed by atoms with Gasteiger partial charge in [0.15, 0.2) is 5.78 Å². The molecule has 8 heteroatoms. The van der Waals surface area contributed by atoms with Gasteiger partial charge < -0.3 is 9.15 Å². The SMILES string of the molecule is CC(=O)c1ccc(S(=O)(=O)N2CCC(Oc3cc(C)oc(=O)c3)C2)cc1. The number of hydrogen-bond acceptors (Lipinski definition) is 6. The van der Waals surface area contributed by atoms with Gasteiger partial charge in [-0.25, -0.2) is 13.2 Å². The predicted octanol–water partition coefficient (Wildman–Crippen LogP) is 1.99. The molecule has 1 aromatic carbocycles. The van der Waals surface area contributed by atoms with Crippen molar-refractivity contribution in [2.45, 2.75) is 31.3 Å². The lowest BCUT2D eigenvalue weighted by atomic mass is 10.2. The lowest BCUT2D eigenvalue weighted by Gasteiger charge is -2.17. The second-order valence-corrected chi connectivity index (χ2v) is 8.13. The van der Waals surface area contributed by atoms with Gasteiger partial charge in [-0.2, -0.15) is 4.31 Å². The number of nitrogens with zero attached hydrogens (tertiary/aromatic N) is 1. The van der Waals surface area contributed by atoms with E-state index in [-0.39, 0.29) is 23.3 Å². The lowest BCUT2D eigenvalue weighted by Crippen LogP contribution is -2.31. The average Bonchev–Trinajstić information content (AvgIpc) is 3.03. The van der Waals surface area contributed by atoms with Crippen molar-refractivity contribution in [2.24, 2.45) is 0 Å². The third-order valence-electron chi connectivity index (χ3n) is 4.18. The minimum atomic E-state index is -3.66. The molecule has 3 rings (SSSR count). The van der Waals surface area contributed by atoms with Crippen LogP contribution in [0.2, 0.25) is 0 Å². The summed E-state index contributed by atoms with van der Waals surface area (Å²) in [6.07, 6.45) is 0.173. The van der Waals surface area contributed by atoms with E-state index in [2.05, 4.69) is 0 Å². The fourth-order valence-corrected chi connectivity index (χ4v) is 4.35. The van der Waals surface area contributed by atoms with Crippen LogP contribution in [0, 0.1) is 6.92 Å². The molecule has 1 aliphatic heterocycles. The molecule has 1 aromatic heterocycles. The number of sulfonamides is 1. The molecule has 0 spiro atoms. The molecule has 0 bridgehead atoms. The molecule has 0 aliphatic carbocycles. The quantitative estimate of drug-likeness (QED) is 0.740. The minimum Gasteiger partial charge on any atom is -0.489 e. The summed E-state index contributed by atoms with van der Waals surface area (Å²) < 4.78 is 37.4. The number of carbonyl (C=O) groups is 1. The van der Waals surface area contributed by atoms with Gasteiger partial charge in [-0.05, 0) is 32.4 Å². The zero-order valence-electron chi connectivity index (χ0n) is 14.5. The fraction of sp³-hybridized carbons (Fsp3) is 0.333. The van der Waals surface area contributed by atoms with Crippen LogP contribution in [-0.4, -0.2) is 37.7 Å². The van der Waals surface area contributed by atoms with Crippen LogP contribution in [0.5, 0.6) is 5.75 Å². The van der Waals surface area contributed by atoms with Crippen molar-refractivity contribution in [2.75, 3.05) is 13.1 Å². The molecule has 0 amide bonds. The Hall–Kier alpha value is -2.45. The van der Waals surface area contributed by atoms with E-state index in [4.69, 9.17) is 9.15 Å². The van der Waals surface area contributed by atoms with Crippen LogP contribution in [0.1, 0.15) is 29.5 Å². The summed E-state index contributed by atoms with van der Waals surface area (Å²) in [4.78, 5) is 22.9. The number of rotatable bonds is 5. The molecule has 2 aromatic rings. The molecule has 1 aliphatic rings. The highest BCUT2D eigenvalue weighted by atomic mass is 32.2. The van der Waals surface area contributed by atoms with Crippen LogP contribution >= 0.6 is 0 Å². The maximum Gasteiger partial charge on any atom is 0.339 e. The number of aryl methyl sites for hydroxylation is 1. The van der Waals surface area contributed by atoms with Crippen molar-refractivity contribution in [3.8, 4) is 5.75 Å². The van der Waals surface area contributed by atoms with Gasteiger partial charge in [0.05, 0.1) is 17.5 Å². The van der Waals surface area contributed by atoms with Gasteiger partial charge in [-0.1, -0.05) is 12.1 Å². The maximum atomic E-state index is 12.7. The van der Waals surface area contributed by atoms with Gasteiger partial charge in [0.25, 0.3) is 0 Å². The first kappa shape index (κ1) is 18.3. The van der Waals surface area contributed by atoms with Crippen molar-refractivity contribution in [1.82, 2.24) is 4.31 Å². The summed E-state index contributed by atoms with van der Waals surface area (Å²) in [6, 6.07) is 8.72. The fourth-order valence-electron chi connectivity index (χ4n) is 2.86. The molecule has 7 nitrogen and oxygen atoms in total. The van der Waals surface area contributed by atoms with Crippen molar-refractivity contribution in [3.63, 3.8) is 0 Å². The van der Waals surface area contributed by atoms with E-state index in [0.717, 1.165) is 0 Å². The highest BCUT2D eigenvalue weighted by Gasteiger charge is 2.33. The molecule has 26 heavy (non-hydrogen) atoms. The summed E-state index contributed by atoms with van der Waals surface area (Å²) in [7, 11) is -3.66. The Bertz CT molecular complexity index is 977. The zero-order chi connectivity index (χ0) is 18.9. The van der Waals surface area contributed by atoms with Crippen molar-refractivity contribution >= 4 is 15.8 Å². The summed E-state index contributed by atoms with van der Waals surface area (Å²) >= 11 is 0. The first-order valence-corrected chi connectivity index (χ1v) is 9.59. The van der Waals surface area contributed by atoms with Gasteiger partial charge >= 0.3 is 5.63 Å². The average molecular weight is 377 g/mol. The predicted molar refractivity (Wildman–Crippen MR) is 94.0 cm³/mol. The first-order valence-electron chi connectivity index (χ1n) is 8.15. The molecular weight excluding hydrogens is 358 g/mol. The smallest absolute Gasteiger partial charge is 0.339 e. The number of ketones is 1. The molecule has 1 atom stereocenters. The summed E-state index contributed by atoms with van der Waals surface area (Å²) in [5.74, 6) is 0.681. The largest absolute Gasteiger partial charge is 0.489 e. The lowest BCUT2D eigenvalue weighted by molar-refractivity contribution is 0.101. The van der Waals surface area contributed by atoms with Crippen LogP contribution in [0.25, 0.3) is 0 Å². The van der Waals surface area contributed by atoms with Crippen molar-refractivity contribution < 1.29 is 22.4 Å². The monoisotopic (exact) mass is 377 g/mol. The Balaban J connectivity index is 1.72. The second-order valence-electron chi connectivity index (χ2n) is 6.19. The number of carbonyl (C=O) groups excluding carboxylic acids is 1. The van der Waals surface area contributed by atoms with Gasteiger partial charge in [0.2, 0.25) is 10.0 Å². The number of hydrogen-bond donors (Lipinski definition) is 0. The normalized spacial score (nSPS) is 18.0. The molecule has 2 heterocycles. The molecule has 1 unspecified atom stereocenters. The van der Waals surface area contributed by atoms with Crippen LogP contribution in [0.3, 0.4) is 0 Å². The van der Waals surface area contributed by atoms with E-state index in [1.54, 1.807) is 13.0 Å². The van der Waals surface area contributed by atoms with Crippen molar-refractivity contribution in [1.29, 1.82) is 0 Å². The van der Waals surface area contributed by atoms with Gasteiger partial charge in [0.1, 0.15) is 17.6 Å². The standard InChI is InChI=1S/C18H19NO6S/c1-12-9-16(10-18(21)24-12)25-15-7-8-19(11-15)26(22,23)17-5-3-14(4-6-17)13(2)20/h3-6,9-10,15H,7-8,11H2,1-2H3. The van der Waals surface area contributed by atoms with Gasteiger partial charge in [-0.3, -0.25) is 4.79 Å². The van der Waals surface area contributed by atoms with E-state index >= 15 is 0 Å². The Labute approximate surface area is 151 Å². The van der Waals surface area contributed by atoms with Crippen LogP contribution in [-0.2, 0) is 10.0 Å². The topological polar surface area (TPSA) is 93.9 Å². The summed E-state index contributed by atoms with van der Waals surface area (Å²) in [5.41, 5.74) is -0.0436. The van der Waals surface area contributed by atoms with Crippen molar-refractivity contribution in [3.05, 3.63) is 58.1 Å². The van der Waals surface area contributed by atoms with Gasteiger partial charge in [0, 0.05) is 18.2 Å². The molecule has 0 saturated carbocycles. The van der Waals surface area contributed by atoms with E-state index in [1.807, 2.05) is 0 Å². The summed E-state index contributed by atoms with van der Waals surface area (Å²) in [5, 5.41) is 0. The van der Waals surface area contributed by atoms with Crippen LogP contribution < -0.4 is 10.4 Å². The summed E-state index contributed by atoms with van der Waals surface area (Å²) in [6.45, 7) is 3.58. The highest BCUT2D eigenvalue weighted by Crippen LogP contribution is 2.24. The first-order chi connectivity index (χ1) is 12.3. The van der Waals surface area contributed by atoms with E-state index in [0.29, 0.717) is 30.0 Å². The third-order valence-corrected chi connectivity index (χ3v) is 6.06.